The normalized spacial score (nSPS) is 17.6. The molecule has 8 nitrogen and oxygen atoms in total. The van der Waals surface area contributed by atoms with E-state index in [0.717, 1.165) is 30.8 Å². The van der Waals surface area contributed by atoms with Gasteiger partial charge >= 0.3 is 0 Å². The molecule has 0 radical (unpaired) electrons. The second-order valence-corrected chi connectivity index (χ2v) is 5.98. The fourth-order valence-electron chi connectivity index (χ4n) is 2.77. The Morgan fingerprint density at radius 2 is 2.12 bits per heavy atom. The third-order valence-corrected chi connectivity index (χ3v) is 4.04. The minimum absolute atomic E-state index is 0.280. The molecule has 1 atom stereocenters. The molecule has 3 rings (SSSR count). The van der Waals surface area contributed by atoms with Gasteiger partial charge in [-0.25, -0.2) is 15.0 Å². The lowest BCUT2D eigenvalue weighted by atomic mass is 10.1. The van der Waals surface area contributed by atoms with Gasteiger partial charge in [0, 0.05) is 57.9 Å². The van der Waals surface area contributed by atoms with Crippen molar-refractivity contribution in [3.63, 3.8) is 0 Å². The third-order valence-electron chi connectivity index (χ3n) is 4.04. The summed E-state index contributed by atoms with van der Waals surface area (Å²) in [6, 6.07) is 1.89. The number of hydrogen-bond acceptors (Lipinski definition) is 8. The van der Waals surface area contributed by atoms with Gasteiger partial charge in [-0.05, 0) is 18.9 Å². The highest BCUT2D eigenvalue weighted by Gasteiger charge is 2.19. The summed E-state index contributed by atoms with van der Waals surface area (Å²) in [6.07, 6.45) is 6.90. The fraction of sp³-hybridized carbons (Fsp3) is 0.500. The number of aliphatic hydroxyl groups is 1. The zero-order valence-electron chi connectivity index (χ0n) is 14.1. The zero-order chi connectivity index (χ0) is 16.9. The molecular formula is C16H23N7O. The van der Waals surface area contributed by atoms with Crippen molar-refractivity contribution in [3.8, 4) is 0 Å². The van der Waals surface area contributed by atoms with Crippen LogP contribution in [0.2, 0.25) is 0 Å². The molecule has 2 aromatic heterocycles. The molecule has 0 amide bonds. The average molecular weight is 329 g/mol. The van der Waals surface area contributed by atoms with Gasteiger partial charge in [0.15, 0.2) is 0 Å². The number of piperidine rings is 1. The van der Waals surface area contributed by atoms with Crippen molar-refractivity contribution in [2.75, 3.05) is 42.3 Å². The van der Waals surface area contributed by atoms with E-state index in [1.807, 2.05) is 18.0 Å². The Bertz CT molecular complexity index is 664. The summed E-state index contributed by atoms with van der Waals surface area (Å²) in [5, 5.41) is 12.7. The van der Waals surface area contributed by atoms with Gasteiger partial charge in [-0.2, -0.15) is 4.98 Å². The molecule has 1 fully saturated rings. The summed E-state index contributed by atoms with van der Waals surface area (Å²) in [6.45, 7) is 2.16. The number of β-amino-alcohol motifs (C(OH)–C–C–N with tert-alkyl or cyclic N) is 1. The molecule has 3 heterocycles. The Morgan fingerprint density at radius 3 is 2.83 bits per heavy atom. The first-order chi connectivity index (χ1) is 11.7. The van der Waals surface area contributed by atoms with E-state index in [2.05, 4.69) is 30.2 Å². The van der Waals surface area contributed by atoms with Crippen LogP contribution in [-0.2, 0) is 6.54 Å². The van der Waals surface area contributed by atoms with Crippen LogP contribution in [0.4, 0.5) is 17.7 Å². The third kappa shape index (κ3) is 3.88. The SMILES string of the molecule is CNc1ncc(CN(C)c2nccc(N3CCCC(O)C3)n2)cn1. The summed E-state index contributed by atoms with van der Waals surface area (Å²) < 4.78 is 0. The van der Waals surface area contributed by atoms with Crippen molar-refractivity contribution in [3.05, 3.63) is 30.2 Å². The highest BCUT2D eigenvalue weighted by Crippen LogP contribution is 2.20. The van der Waals surface area contributed by atoms with E-state index in [4.69, 9.17) is 0 Å². The summed E-state index contributed by atoms with van der Waals surface area (Å²) >= 11 is 0. The molecule has 8 heteroatoms. The van der Waals surface area contributed by atoms with E-state index >= 15 is 0 Å². The molecule has 1 aliphatic heterocycles. The predicted molar refractivity (Wildman–Crippen MR) is 93.2 cm³/mol. The van der Waals surface area contributed by atoms with Crippen LogP contribution in [0, 0.1) is 0 Å². The number of aliphatic hydroxyl groups excluding tert-OH is 1. The number of aromatic nitrogens is 4. The van der Waals surface area contributed by atoms with Gasteiger partial charge in [0.2, 0.25) is 11.9 Å². The van der Waals surface area contributed by atoms with Crippen molar-refractivity contribution >= 4 is 17.7 Å². The molecule has 128 valence electrons. The van der Waals surface area contributed by atoms with E-state index in [1.165, 1.54) is 0 Å². The Hall–Kier alpha value is -2.48. The lowest BCUT2D eigenvalue weighted by molar-refractivity contribution is 0.154. The van der Waals surface area contributed by atoms with Crippen LogP contribution >= 0.6 is 0 Å². The number of rotatable bonds is 5. The molecule has 1 unspecified atom stereocenters. The average Bonchev–Trinajstić information content (AvgIpc) is 2.62. The van der Waals surface area contributed by atoms with Gasteiger partial charge in [-0.15, -0.1) is 0 Å². The Morgan fingerprint density at radius 1 is 1.33 bits per heavy atom. The topological polar surface area (TPSA) is 90.3 Å². The summed E-state index contributed by atoms with van der Waals surface area (Å²) in [5.74, 6) is 2.10. The van der Waals surface area contributed by atoms with E-state index in [9.17, 15) is 5.11 Å². The van der Waals surface area contributed by atoms with E-state index in [0.29, 0.717) is 25.0 Å². The molecule has 0 saturated carbocycles. The lowest BCUT2D eigenvalue weighted by Crippen LogP contribution is -2.38. The van der Waals surface area contributed by atoms with Crippen molar-refractivity contribution in [1.82, 2.24) is 19.9 Å². The number of nitrogens with one attached hydrogen (secondary N) is 1. The van der Waals surface area contributed by atoms with Gasteiger partial charge < -0.3 is 20.2 Å². The maximum Gasteiger partial charge on any atom is 0.227 e. The molecule has 1 saturated heterocycles. The van der Waals surface area contributed by atoms with Crippen LogP contribution in [-0.4, -0.2) is 58.3 Å². The van der Waals surface area contributed by atoms with Crippen LogP contribution in [0.15, 0.2) is 24.7 Å². The van der Waals surface area contributed by atoms with Crippen LogP contribution in [0.3, 0.4) is 0 Å². The Balaban J connectivity index is 1.70. The van der Waals surface area contributed by atoms with Crippen molar-refractivity contribution in [2.45, 2.75) is 25.5 Å². The smallest absolute Gasteiger partial charge is 0.227 e. The molecule has 1 aliphatic rings. The first kappa shape index (κ1) is 16.4. The van der Waals surface area contributed by atoms with Crippen molar-refractivity contribution in [2.24, 2.45) is 0 Å². The maximum atomic E-state index is 9.84. The maximum absolute atomic E-state index is 9.84. The van der Waals surface area contributed by atoms with E-state index < -0.39 is 0 Å². The second-order valence-electron chi connectivity index (χ2n) is 5.98. The minimum Gasteiger partial charge on any atom is -0.391 e. The number of hydrogen-bond donors (Lipinski definition) is 2. The molecule has 0 bridgehead atoms. The molecule has 0 aromatic carbocycles. The molecule has 24 heavy (non-hydrogen) atoms. The first-order valence-corrected chi connectivity index (χ1v) is 8.11. The van der Waals surface area contributed by atoms with Crippen LogP contribution in [0.25, 0.3) is 0 Å². The number of anilines is 3. The fourth-order valence-corrected chi connectivity index (χ4v) is 2.77. The Kier molecular flexibility index (Phi) is 5.05. The lowest BCUT2D eigenvalue weighted by Gasteiger charge is -2.31. The van der Waals surface area contributed by atoms with Gasteiger partial charge in [-0.3, -0.25) is 0 Å². The molecule has 0 aliphatic carbocycles. The summed E-state index contributed by atoms with van der Waals surface area (Å²) in [5.41, 5.74) is 0.985. The van der Waals surface area contributed by atoms with Gasteiger partial charge in [0.1, 0.15) is 5.82 Å². The monoisotopic (exact) mass is 329 g/mol. The second kappa shape index (κ2) is 7.39. The highest BCUT2D eigenvalue weighted by molar-refractivity contribution is 5.44. The van der Waals surface area contributed by atoms with E-state index in [-0.39, 0.29) is 6.10 Å². The highest BCUT2D eigenvalue weighted by atomic mass is 16.3. The van der Waals surface area contributed by atoms with Gasteiger partial charge in [0.25, 0.3) is 0 Å². The summed E-state index contributed by atoms with van der Waals surface area (Å²) in [7, 11) is 3.73. The molecular weight excluding hydrogens is 306 g/mol. The zero-order valence-corrected chi connectivity index (χ0v) is 14.1. The van der Waals surface area contributed by atoms with Crippen LogP contribution < -0.4 is 15.1 Å². The van der Waals surface area contributed by atoms with Crippen molar-refractivity contribution in [1.29, 1.82) is 0 Å². The molecule has 2 aromatic rings. The van der Waals surface area contributed by atoms with Crippen molar-refractivity contribution < 1.29 is 5.11 Å². The van der Waals surface area contributed by atoms with Crippen LogP contribution in [0.5, 0.6) is 0 Å². The molecule has 2 N–H and O–H groups in total. The minimum atomic E-state index is -0.280. The standard InChI is InChI=1S/C16H23N7O/c1-17-15-19-8-12(9-20-15)10-22(2)16-18-6-5-14(21-16)23-7-3-4-13(24)11-23/h5-6,8-9,13,24H,3-4,7,10-11H2,1-2H3,(H,17,19,20). The predicted octanol–water partition coefficient (Wildman–Crippen LogP) is 0.906. The quantitative estimate of drug-likeness (QED) is 0.836. The van der Waals surface area contributed by atoms with Gasteiger partial charge in [-0.1, -0.05) is 0 Å². The summed E-state index contributed by atoms with van der Waals surface area (Å²) in [4.78, 5) is 21.5. The largest absolute Gasteiger partial charge is 0.391 e. The number of nitrogens with zero attached hydrogens (tertiary/aromatic N) is 6. The van der Waals surface area contributed by atoms with Gasteiger partial charge in [0.05, 0.1) is 6.10 Å². The first-order valence-electron chi connectivity index (χ1n) is 8.11. The molecule has 0 spiro atoms. The van der Waals surface area contributed by atoms with Crippen LogP contribution in [0.1, 0.15) is 18.4 Å². The Labute approximate surface area is 141 Å². The van der Waals surface area contributed by atoms with E-state index in [1.54, 1.807) is 25.6 Å².